The second-order valence-corrected chi connectivity index (χ2v) is 14.3. The highest BCUT2D eigenvalue weighted by atomic mass is 16.3. The molecule has 12 nitrogen and oxygen atoms in total. The summed E-state index contributed by atoms with van der Waals surface area (Å²) < 4.78 is 2.02. The van der Waals surface area contributed by atoms with Crippen LogP contribution in [0.2, 0.25) is 0 Å². The average molecular weight is 647 g/mol. The van der Waals surface area contributed by atoms with Crippen molar-refractivity contribution in [1.82, 2.24) is 35.1 Å². The number of aromatic hydroxyl groups is 1. The fraction of sp³-hybridized carbons (Fsp3) is 0.571. The first kappa shape index (κ1) is 34.3. The van der Waals surface area contributed by atoms with E-state index in [4.69, 9.17) is 5.73 Å². The molecule has 0 spiro atoms. The summed E-state index contributed by atoms with van der Waals surface area (Å²) in [7, 11) is 0. The van der Waals surface area contributed by atoms with Gasteiger partial charge in [-0.15, -0.1) is 10.2 Å². The number of aromatic nitrogens is 4. The van der Waals surface area contributed by atoms with Crippen LogP contribution in [-0.2, 0) is 9.59 Å². The minimum Gasteiger partial charge on any atom is -0.507 e. The van der Waals surface area contributed by atoms with Gasteiger partial charge in [0.1, 0.15) is 11.8 Å². The summed E-state index contributed by atoms with van der Waals surface area (Å²) in [5.41, 5.74) is 8.49. The number of nitrogen functional groups attached to an aromatic ring is 1. The Balaban J connectivity index is 1.09. The van der Waals surface area contributed by atoms with Gasteiger partial charge in [-0.2, -0.15) is 5.10 Å². The third-order valence-electron chi connectivity index (χ3n) is 9.40. The van der Waals surface area contributed by atoms with Gasteiger partial charge < -0.3 is 31.1 Å². The standard InChI is InChI=1S/C35H50N8O4/c1-23-17-26(44)22-42(23)34(47)32(35(2,3)4)38-31(46)14-6-5-9-15-41-16-10-11-25(21-41)43-20-24(19-37-43)28-18-29(39-40-33(28)36)27-12-7-8-13-30(27)45/h7-8,12-13,18-20,23,25-26,32,44-45H,5-6,9-11,14-17,21-22H2,1-4H3,(H2,36,40)(H,38,46)/t23-,25?,26-,32-/m1/s1. The zero-order valence-electron chi connectivity index (χ0n) is 28.1. The second kappa shape index (κ2) is 14.8. The molecule has 4 atom stereocenters. The highest BCUT2D eigenvalue weighted by Gasteiger charge is 2.40. The third kappa shape index (κ3) is 8.47. The summed E-state index contributed by atoms with van der Waals surface area (Å²) in [5, 5.41) is 36.3. The number of anilines is 1. The number of rotatable bonds is 11. The molecule has 0 bridgehead atoms. The van der Waals surface area contributed by atoms with Crippen molar-refractivity contribution < 1.29 is 19.8 Å². The number of nitrogens with two attached hydrogens (primary N) is 1. The van der Waals surface area contributed by atoms with Crippen molar-refractivity contribution in [2.24, 2.45) is 5.41 Å². The van der Waals surface area contributed by atoms with E-state index in [0.717, 1.165) is 62.9 Å². The average Bonchev–Trinajstić information content (AvgIpc) is 3.66. The summed E-state index contributed by atoms with van der Waals surface area (Å²) in [6.45, 7) is 11.0. The van der Waals surface area contributed by atoms with E-state index in [0.29, 0.717) is 36.5 Å². The van der Waals surface area contributed by atoms with Crippen LogP contribution in [-0.4, -0.2) is 96.2 Å². The van der Waals surface area contributed by atoms with Gasteiger partial charge in [-0.1, -0.05) is 39.3 Å². The van der Waals surface area contributed by atoms with Gasteiger partial charge in [-0.3, -0.25) is 14.3 Å². The molecule has 12 heteroatoms. The molecule has 0 aliphatic carbocycles. The Bertz CT molecular complexity index is 1540. The lowest BCUT2D eigenvalue weighted by atomic mass is 9.85. The minimum absolute atomic E-state index is 0.0363. The van der Waals surface area contributed by atoms with Gasteiger partial charge in [-0.05, 0) is 75.7 Å². The number of amides is 2. The molecule has 2 aliphatic rings. The van der Waals surface area contributed by atoms with Crippen LogP contribution in [0.3, 0.4) is 0 Å². The molecular formula is C35H50N8O4. The Labute approximate surface area is 277 Å². The lowest BCUT2D eigenvalue weighted by molar-refractivity contribution is -0.140. The number of para-hydroxylation sites is 1. The fourth-order valence-electron chi connectivity index (χ4n) is 6.74. The van der Waals surface area contributed by atoms with E-state index in [9.17, 15) is 19.8 Å². The molecule has 2 saturated heterocycles. The molecule has 0 saturated carbocycles. The molecule has 2 fully saturated rings. The van der Waals surface area contributed by atoms with E-state index in [1.807, 2.05) is 50.7 Å². The largest absolute Gasteiger partial charge is 0.507 e. The smallest absolute Gasteiger partial charge is 0.246 e. The number of likely N-dealkylation sites (tertiary alicyclic amines) is 2. The van der Waals surface area contributed by atoms with Gasteiger partial charge in [0.2, 0.25) is 11.8 Å². The van der Waals surface area contributed by atoms with Crippen molar-refractivity contribution >= 4 is 17.6 Å². The molecule has 254 valence electrons. The van der Waals surface area contributed by atoms with Crippen LogP contribution in [0.4, 0.5) is 5.82 Å². The molecule has 4 heterocycles. The molecule has 2 amide bonds. The maximum atomic E-state index is 13.3. The van der Waals surface area contributed by atoms with Gasteiger partial charge in [-0.25, -0.2) is 0 Å². The number of hydrogen-bond acceptors (Lipinski definition) is 9. The first-order valence-corrected chi connectivity index (χ1v) is 16.9. The second-order valence-electron chi connectivity index (χ2n) is 14.3. The molecule has 5 N–H and O–H groups in total. The highest BCUT2D eigenvalue weighted by molar-refractivity contribution is 5.88. The normalized spacial score (nSPS) is 21.1. The van der Waals surface area contributed by atoms with Crippen molar-refractivity contribution in [3.8, 4) is 28.1 Å². The van der Waals surface area contributed by atoms with Crippen molar-refractivity contribution in [3.63, 3.8) is 0 Å². The van der Waals surface area contributed by atoms with E-state index in [2.05, 4.69) is 25.5 Å². The zero-order chi connectivity index (χ0) is 33.7. The van der Waals surface area contributed by atoms with Crippen molar-refractivity contribution in [2.75, 3.05) is 31.9 Å². The molecule has 47 heavy (non-hydrogen) atoms. The summed E-state index contributed by atoms with van der Waals surface area (Å²) >= 11 is 0. The van der Waals surface area contributed by atoms with E-state index in [-0.39, 0.29) is 29.6 Å². The number of hydrogen-bond donors (Lipinski definition) is 4. The number of piperidine rings is 1. The maximum Gasteiger partial charge on any atom is 0.246 e. The predicted octanol–water partition coefficient (Wildman–Crippen LogP) is 4.00. The zero-order valence-corrected chi connectivity index (χ0v) is 28.1. The Kier molecular flexibility index (Phi) is 10.8. The van der Waals surface area contributed by atoms with E-state index in [1.165, 1.54) is 0 Å². The number of aliphatic hydroxyl groups excluding tert-OH is 1. The number of phenols is 1. The van der Waals surface area contributed by atoms with E-state index in [1.54, 1.807) is 29.3 Å². The minimum atomic E-state index is -0.624. The summed E-state index contributed by atoms with van der Waals surface area (Å²) in [4.78, 5) is 30.4. The lowest BCUT2D eigenvalue weighted by Gasteiger charge is -2.35. The van der Waals surface area contributed by atoms with E-state index >= 15 is 0 Å². The van der Waals surface area contributed by atoms with Gasteiger partial charge in [0, 0.05) is 48.4 Å². The van der Waals surface area contributed by atoms with Crippen LogP contribution >= 0.6 is 0 Å². The Morgan fingerprint density at radius 2 is 1.89 bits per heavy atom. The molecule has 0 radical (unpaired) electrons. The Hall–Kier alpha value is -4.03. The van der Waals surface area contributed by atoms with E-state index < -0.39 is 17.6 Å². The molecule has 3 aromatic rings. The number of phenolic OH excluding ortho intramolecular Hbond substituents is 1. The Morgan fingerprint density at radius 1 is 1.11 bits per heavy atom. The van der Waals surface area contributed by atoms with Crippen LogP contribution in [0.25, 0.3) is 22.4 Å². The predicted molar refractivity (Wildman–Crippen MR) is 181 cm³/mol. The number of carbonyl (C=O) groups is 2. The number of carbonyl (C=O) groups excluding carboxylic acids is 2. The van der Waals surface area contributed by atoms with Crippen LogP contribution < -0.4 is 11.1 Å². The SMILES string of the molecule is C[C@@H]1C[C@@H](O)CN1C(=O)[C@@H](NC(=O)CCCCCN1CCCC(n2cc(-c3cc(-c4ccccc4O)nnc3N)cn2)C1)C(C)(C)C. The fourth-order valence-corrected chi connectivity index (χ4v) is 6.74. The molecule has 1 unspecified atom stereocenters. The van der Waals surface area contributed by atoms with Gasteiger partial charge in [0.25, 0.3) is 0 Å². The quantitative estimate of drug-likeness (QED) is 0.226. The molecule has 2 aliphatic heterocycles. The topological polar surface area (TPSA) is 163 Å². The number of β-amino-alcohol motifs (C(OH)–C–C–N with tert-alkyl or cyclic N) is 1. The van der Waals surface area contributed by atoms with Gasteiger partial charge in [0.05, 0.1) is 24.0 Å². The van der Waals surface area contributed by atoms with Gasteiger partial charge >= 0.3 is 0 Å². The number of benzene rings is 1. The lowest BCUT2D eigenvalue weighted by Crippen LogP contribution is -2.55. The monoisotopic (exact) mass is 646 g/mol. The van der Waals surface area contributed by atoms with Crippen molar-refractivity contribution in [3.05, 3.63) is 42.7 Å². The summed E-state index contributed by atoms with van der Waals surface area (Å²) in [6.07, 6.45) is 9.05. The maximum absolute atomic E-state index is 13.3. The van der Waals surface area contributed by atoms with Crippen LogP contribution in [0.1, 0.15) is 78.7 Å². The van der Waals surface area contributed by atoms with Crippen LogP contribution in [0, 0.1) is 5.41 Å². The first-order chi connectivity index (χ1) is 22.4. The number of unbranched alkanes of at least 4 members (excludes halogenated alkanes) is 2. The highest BCUT2D eigenvalue weighted by Crippen LogP contribution is 2.33. The molecule has 1 aromatic carbocycles. The third-order valence-corrected chi connectivity index (χ3v) is 9.40. The number of nitrogens with one attached hydrogen (secondary N) is 1. The molecule has 2 aromatic heterocycles. The van der Waals surface area contributed by atoms with Crippen molar-refractivity contribution in [1.29, 1.82) is 0 Å². The molecular weight excluding hydrogens is 596 g/mol. The van der Waals surface area contributed by atoms with Crippen LogP contribution in [0.15, 0.2) is 42.7 Å². The van der Waals surface area contributed by atoms with Gasteiger partial charge in [0.15, 0.2) is 5.82 Å². The first-order valence-electron chi connectivity index (χ1n) is 16.9. The number of nitrogens with zero attached hydrogens (tertiary/aromatic N) is 6. The Morgan fingerprint density at radius 3 is 2.62 bits per heavy atom. The van der Waals surface area contributed by atoms with Crippen LogP contribution in [0.5, 0.6) is 5.75 Å². The summed E-state index contributed by atoms with van der Waals surface area (Å²) in [5.74, 6) is 0.228. The number of aliphatic hydroxyl groups is 1. The summed E-state index contributed by atoms with van der Waals surface area (Å²) in [6, 6.07) is 8.44. The molecule has 5 rings (SSSR count). The van der Waals surface area contributed by atoms with Crippen molar-refractivity contribution in [2.45, 2.75) is 96.9 Å².